The minimum Gasteiger partial charge on any atom is -0.266 e. The van der Waals surface area contributed by atoms with E-state index in [0.717, 1.165) is 24.0 Å². The fourth-order valence-corrected chi connectivity index (χ4v) is 7.55. The van der Waals surface area contributed by atoms with Crippen LogP contribution in [0, 0.1) is 42.9 Å². The highest BCUT2D eigenvalue weighted by Gasteiger charge is 2.66. The quantitative estimate of drug-likeness (QED) is 0.408. The van der Waals surface area contributed by atoms with Crippen molar-refractivity contribution >= 4 is 20.2 Å². The fraction of sp³-hybridized carbons (Fsp3) is 0.440. The zero-order chi connectivity index (χ0) is 23.4. The van der Waals surface area contributed by atoms with Crippen molar-refractivity contribution in [2.75, 3.05) is 13.2 Å². The highest BCUT2D eigenvalue weighted by Crippen LogP contribution is 2.72. The zero-order valence-corrected chi connectivity index (χ0v) is 20.3. The van der Waals surface area contributed by atoms with Crippen LogP contribution in [0.5, 0.6) is 0 Å². The lowest BCUT2D eigenvalue weighted by atomic mass is 9.84. The lowest BCUT2D eigenvalue weighted by Gasteiger charge is -2.27. The molecule has 0 saturated heterocycles. The summed E-state index contributed by atoms with van der Waals surface area (Å²) in [5.41, 5.74) is 2.05. The average Bonchev–Trinajstić information content (AvgIpc) is 3.44. The van der Waals surface area contributed by atoms with Crippen LogP contribution in [0.1, 0.15) is 24.0 Å². The molecule has 8 heteroatoms. The first-order valence-corrected chi connectivity index (χ1v) is 14.0. The van der Waals surface area contributed by atoms with E-state index in [4.69, 9.17) is 8.37 Å². The molecule has 2 fully saturated rings. The summed E-state index contributed by atoms with van der Waals surface area (Å²) in [5.74, 6) is 0.143. The molecule has 176 valence electrons. The van der Waals surface area contributed by atoms with Gasteiger partial charge in [-0.05, 0) is 80.0 Å². The van der Waals surface area contributed by atoms with Gasteiger partial charge in [0.2, 0.25) is 0 Å². The Morgan fingerprint density at radius 1 is 0.697 bits per heavy atom. The molecule has 0 aliphatic heterocycles. The van der Waals surface area contributed by atoms with E-state index >= 15 is 0 Å². The number of benzene rings is 2. The SMILES string of the molecule is Cc1ccc(S(=O)(=O)OC[C@@H]2[C@H](COS(=O)(=O)c3ccc(C)cc3)[C@@H]3C=C[C@H]2C32CC2)cc1. The first kappa shape index (κ1) is 22.8. The van der Waals surface area contributed by atoms with Gasteiger partial charge < -0.3 is 0 Å². The molecule has 1 spiro atoms. The van der Waals surface area contributed by atoms with Crippen LogP contribution in [0.3, 0.4) is 0 Å². The number of aryl methyl sites for hydroxylation is 2. The van der Waals surface area contributed by atoms with E-state index < -0.39 is 20.2 Å². The molecule has 0 unspecified atom stereocenters. The van der Waals surface area contributed by atoms with Crippen molar-refractivity contribution in [3.05, 3.63) is 71.8 Å². The summed E-state index contributed by atoms with van der Waals surface area (Å²) in [4.78, 5) is 0.255. The lowest BCUT2D eigenvalue weighted by molar-refractivity contribution is 0.138. The third kappa shape index (κ3) is 4.07. The molecule has 2 bridgehead atoms. The topological polar surface area (TPSA) is 86.7 Å². The van der Waals surface area contributed by atoms with Gasteiger partial charge in [0.15, 0.2) is 0 Å². The Kier molecular flexibility index (Phi) is 5.55. The molecule has 2 aromatic carbocycles. The van der Waals surface area contributed by atoms with Crippen molar-refractivity contribution in [3.8, 4) is 0 Å². The third-order valence-electron chi connectivity index (χ3n) is 7.60. The highest BCUT2D eigenvalue weighted by molar-refractivity contribution is 7.87. The van der Waals surface area contributed by atoms with Gasteiger partial charge in [0.25, 0.3) is 20.2 Å². The first-order valence-electron chi connectivity index (χ1n) is 11.2. The van der Waals surface area contributed by atoms with Crippen LogP contribution in [0.15, 0.2) is 70.5 Å². The Hall–Kier alpha value is -2.00. The van der Waals surface area contributed by atoms with Gasteiger partial charge in [0.05, 0.1) is 23.0 Å². The van der Waals surface area contributed by atoms with Gasteiger partial charge >= 0.3 is 0 Å². The molecule has 0 aromatic heterocycles. The van der Waals surface area contributed by atoms with Crippen LogP contribution in [-0.2, 0) is 28.6 Å². The van der Waals surface area contributed by atoms with Crippen LogP contribution in [0.2, 0.25) is 0 Å². The number of hydrogen-bond donors (Lipinski definition) is 0. The summed E-state index contributed by atoms with van der Waals surface area (Å²) < 4.78 is 62.0. The van der Waals surface area contributed by atoms with Crippen molar-refractivity contribution in [1.82, 2.24) is 0 Å². The van der Waals surface area contributed by atoms with Crippen LogP contribution in [0.4, 0.5) is 0 Å². The molecule has 2 aromatic rings. The van der Waals surface area contributed by atoms with Gasteiger partial charge in [0.1, 0.15) is 0 Å². The Morgan fingerprint density at radius 2 is 1.06 bits per heavy atom. The van der Waals surface area contributed by atoms with E-state index in [1.54, 1.807) is 48.5 Å². The molecule has 33 heavy (non-hydrogen) atoms. The van der Waals surface area contributed by atoms with Crippen LogP contribution in [0.25, 0.3) is 0 Å². The van der Waals surface area contributed by atoms with Crippen molar-refractivity contribution < 1.29 is 25.2 Å². The molecule has 4 atom stereocenters. The highest BCUT2D eigenvalue weighted by atomic mass is 32.2. The van der Waals surface area contributed by atoms with E-state index in [1.807, 2.05) is 13.8 Å². The second-order valence-corrected chi connectivity index (χ2v) is 12.8. The molecule has 6 nitrogen and oxygen atoms in total. The number of rotatable bonds is 8. The Morgan fingerprint density at radius 3 is 1.39 bits per heavy atom. The second kappa shape index (κ2) is 8.05. The second-order valence-electron chi connectivity index (χ2n) is 9.60. The summed E-state index contributed by atoms with van der Waals surface area (Å²) in [5, 5.41) is 0. The maximum Gasteiger partial charge on any atom is 0.296 e. The minimum absolute atomic E-state index is 0.0159. The Bertz CT molecular complexity index is 1180. The number of allylic oxidation sites excluding steroid dienone is 2. The summed E-state index contributed by atoms with van der Waals surface area (Å²) in [6, 6.07) is 13.1. The van der Waals surface area contributed by atoms with Gasteiger partial charge in [-0.1, -0.05) is 47.5 Å². The maximum absolute atomic E-state index is 12.8. The Labute approximate surface area is 195 Å². The van der Waals surface area contributed by atoms with Crippen molar-refractivity contribution in [2.24, 2.45) is 29.1 Å². The van der Waals surface area contributed by atoms with Gasteiger partial charge in [-0.2, -0.15) is 16.8 Å². The Balaban J connectivity index is 1.32. The average molecular weight is 489 g/mol. The van der Waals surface area contributed by atoms with Crippen LogP contribution < -0.4 is 0 Å². The van der Waals surface area contributed by atoms with E-state index in [1.165, 1.54) is 0 Å². The molecular weight excluding hydrogens is 460 g/mol. The standard InChI is InChI=1S/C25H28O6S2/c1-17-3-7-19(8-4-17)32(26,27)30-15-21-22(24-12-11-23(21)25(24)13-14-25)16-31-33(28,29)20-9-5-18(2)6-10-20/h3-12,21-24H,13-16H2,1-2H3/t21-,22+,23-,24+. The van der Waals surface area contributed by atoms with Gasteiger partial charge in [-0.15, -0.1) is 0 Å². The minimum atomic E-state index is -3.90. The van der Waals surface area contributed by atoms with Gasteiger partial charge in [-0.25, -0.2) is 0 Å². The number of hydrogen-bond acceptors (Lipinski definition) is 6. The molecule has 0 heterocycles. The van der Waals surface area contributed by atoms with E-state index in [2.05, 4.69) is 12.2 Å². The molecule has 0 N–H and O–H groups in total. The summed E-state index contributed by atoms with van der Waals surface area (Å²) in [7, 11) is -7.79. The van der Waals surface area contributed by atoms with Crippen molar-refractivity contribution in [2.45, 2.75) is 36.5 Å². The maximum atomic E-state index is 12.8. The molecule has 3 aliphatic carbocycles. The molecule has 0 amide bonds. The summed E-state index contributed by atoms with van der Waals surface area (Å²) in [6.45, 7) is 3.82. The van der Waals surface area contributed by atoms with Crippen molar-refractivity contribution in [3.63, 3.8) is 0 Å². The van der Waals surface area contributed by atoms with Crippen LogP contribution >= 0.6 is 0 Å². The first-order chi connectivity index (χ1) is 15.6. The monoisotopic (exact) mass is 488 g/mol. The predicted molar refractivity (Wildman–Crippen MR) is 123 cm³/mol. The van der Waals surface area contributed by atoms with Gasteiger partial charge in [0, 0.05) is 0 Å². The van der Waals surface area contributed by atoms with Gasteiger partial charge in [-0.3, -0.25) is 8.37 Å². The summed E-state index contributed by atoms with van der Waals surface area (Å²) >= 11 is 0. The van der Waals surface area contributed by atoms with E-state index in [-0.39, 0.29) is 52.1 Å². The van der Waals surface area contributed by atoms with Crippen LogP contribution in [-0.4, -0.2) is 30.0 Å². The van der Waals surface area contributed by atoms with E-state index in [0.29, 0.717) is 0 Å². The summed E-state index contributed by atoms with van der Waals surface area (Å²) in [6.07, 6.45) is 6.46. The molecular formula is C25H28O6S2. The van der Waals surface area contributed by atoms with E-state index in [9.17, 15) is 16.8 Å². The smallest absolute Gasteiger partial charge is 0.266 e. The molecule has 5 rings (SSSR count). The third-order valence-corrected chi connectivity index (χ3v) is 10.2. The fourth-order valence-electron chi connectivity index (χ4n) is 5.66. The molecule has 0 radical (unpaired) electrons. The van der Waals surface area contributed by atoms with Crippen molar-refractivity contribution in [1.29, 1.82) is 0 Å². The molecule has 2 saturated carbocycles. The molecule has 3 aliphatic rings. The lowest BCUT2D eigenvalue weighted by Crippen LogP contribution is -2.30. The normalized spacial score (nSPS) is 27.3. The largest absolute Gasteiger partial charge is 0.296 e. The zero-order valence-electron chi connectivity index (χ0n) is 18.7. The predicted octanol–water partition coefficient (Wildman–Crippen LogP) is 4.24.